The number of carbonyl (C=O) groups is 2. The van der Waals surface area contributed by atoms with Gasteiger partial charge < -0.3 is 4.74 Å². The minimum absolute atomic E-state index is 0.0743. The molecule has 4 heteroatoms. The first-order valence-electron chi connectivity index (χ1n) is 3.50. The summed E-state index contributed by atoms with van der Waals surface area (Å²) in [4.78, 5) is 21.2. The maximum Gasteiger partial charge on any atom is 0.324 e. The summed E-state index contributed by atoms with van der Waals surface area (Å²) in [5.74, 6) is -0.956. The van der Waals surface area contributed by atoms with Crippen LogP contribution in [0, 0.1) is 0 Å². The van der Waals surface area contributed by atoms with E-state index in [-0.39, 0.29) is 5.33 Å². The summed E-state index contributed by atoms with van der Waals surface area (Å²) >= 11 is 2.88. The van der Waals surface area contributed by atoms with E-state index in [1.807, 2.05) is 6.92 Å². The van der Waals surface area contributed by atoms with Crippen molar-refractivity contribution in [1.29, 1.82) is 0 Å². The van der Waals surface area contributed by atoms with Crippen molar-refractivity contribution < 1.29 is 14.3 Å². The summed E-state index contributed by atoms with van der Waals surface area (Å²) in [5.41, 5.74) is 0. The number of ether oxygens (including phenoxy) is 1. The van der Waals surface area contributed by atoms with Crippen LogP contribution in [0.1, 0.15) is 26.2 Å². The molecule has 0 aliphatic heterocycles. The lowest BCUT2D eigenvalue weighted by Crippen LogP contribution is -2.12. The van der Waals surface area contributed by atoms with Crippen molar-refractivity contribution in [2.75, 3.05) is 5.33 Å². The number of carbonyl (C=O) groups excluding carboxylic acids is 2. The van der Waals surface area contributed by atoms with Gasteiger partial charge in [0.25, 0.3) is 0 Å². The molecule has 0 amide bonds. The number of halogens is 1. The van der Waals surface area contributed by atoms with Gasteiger partial charge in [-0.25, -0.2) is 0 Å². The largest absolute Gasteiger partial charge is 0.393 e. The third kappa shape index (κ3) is 6.04. The highest BCUT2D eigenvalue weighted by atomic mass is 79.9. The molecule has 0 saturated carbocycles. The first kappa shape index (κ1) is 10.6. The molecule has 0 aliphatic rings. The van der Waals surface area contributed by atoms with Gasteiger partial charge in [0.1, 0.15) is 5.33 Å². The van der Waals surface area contributed by atoms with Gasteiger partial charge in [-0.15, -0.1) is 0 Å². The van der Waals surface area contributed by atoms with Crippen molar-refractivity contribution in [3.8, 4) is 0 Å². The summed E-state index contributed by atoms with van der Waals surface area (Å²) in [6.07, 6.45) is 2.03. The van der Waals surface area contributed by atoms with Gasteiger partial charge >= 0.3 is 11.9 Å². The zero-order chi connectivity index (χ0) is 8.69. The van der Waals surface area contributed by atoms with Crippen LogP contribution in [0.5, 0.6) is 0 Å². The predicted octanol–water partition coefficient (Wildman–Crippen LogP) is 1.64. The monoisotopic (exact) mass is 222 g/mol. The SMILES string of the molecule is CCCCC(=O)OC(=O)CBr. The molecule has 0 aliphatic carbocycles. The number of hydrogen-bond acceptors (Lipinski definition) is 3. The number of esters is 2. The molecule has 0 unspecified atom stereocenters. The number of alkyl halides is 1. The van der Waals surface area contributed by atoms with E-state index in [0.29, 0.717) is 6.42 Å². The quantitative estimate of drug-likeness (QED) is 0.413. The Balaban J connectivity index is 3.44. The van der Waals surface area contributed by atoms with Gasteiger partial charge in [0.05, 0.1) is 0 Å². The standard InChI is InChI=1S/C7H11BrO3/c1-2-3-4-6(9)11-7(10)5-8/h2-5H2,1H3. The normalized spacial score (nSPS) is 9.27. The second kappa shape index (κ2) is 6.34. The molecule has 0 aromatic carbocycles. The summed E-state index contributed by atoms with van der Waals surface area (Å²) in [6, 6.07) is 0. The molecular weight excluding hydrogens is 212 g/mol. The predicted molar refractivity (Wildman–Crippen MR) is 44.4 cm³/mol. The van der Waals surface area contributed by atoms with Crippen molar-refractivity contribution in [3.05, 3.63) is 0 Å². The highest BCUT2D eigenvalue weighted by Crippen LogP contribution is 1.97. The molecule has 11 heavy (non-hydrogen) atoms. The number of rotatable bonds is 4. The van der Waals surface area contributed by atoms with Crippen LogP contribution in [0.3, 0.4) is 0 Å². The molecule has 3 nitrogen and oxygen atoms in total. The van der Waals surface area contributed by atoms with Gasteiger partial charge in [0.15, 0.2) is 0 Å². The molecule has 0 atom stereocenters. The minimum atomic E-state index is -0.522. The maximum absolute atomic E-state index is 10.7. The molecule has 0 saturated heterocycles. The van der Waals surface area contributed by atoms with E-state index in [4.69, 9.17) is 0 Å². The molecule has 0 bridgehead atoms. The average molecular weight is 223 g/mol. The summed E-state index contributed by atoms with van der Waals surface area (Å²) < 4.78 is 4.38. The summed E-state index contributed by atoms with van der Waals surface area (Å²) in [7, 11) is 0. The Morgan fingerprint density at radius 1 is 1.36 bits per heavy atom. The van der Waals surface area contributed by atoms with Crippen LogP contribution in [0.25, 0.3) is 0 Å². The van der Waals surface area contributed by atoms with Crippen LogP contribution in [0.15, 0.2) is 0 Å². The second-order valence-corrected chi connectivity index (χ2v) is 2.64. The highest BCUT2D eigenvalue weighted by molar-refractivity contribution is 9.09. The van der Waals surface area contributed by atoms with Crippen molar-refractivity contribution in [1.82, 2.24) is 0 Å². The van der Waals surface area contributed by atoms with E-state index in [1.165, 1.54) is 0 Å². The zero-order valence-corrected chi connectivity index (χ0v) is 8.02. The Hall–Kier alpha value is -0.380. The van der Waals surface area contributed by atoms with Crippen LogP contribution in [0.4, 0.5) is 0 Å². The Bertz CT molecular complexity index is 145. The topological polar surface area (TPSA) is 43.4 Å². The Labute approximate surface area is 74.2 Å². The lowest BCUT2D eigenvalue weighted by Gasteiger charge is -1.98. The zero-order valence-electron chi connectivity index (χ0n) is 6.43. The molecule has 0 rings (SSSR count). The van der Waals surface area contributed by atoms with E-state index in [2.05, 4.69) is 20.7 Å². The van der Waals surface area contributed by atoms with E-state index >= 15 is 0 Å². The van der Waals surface area contributed by atoms with Crippen molar-refractivity contribution in [3.63, 3.8) is 0 Å². The first-order valence-corrected chi connectivity index (χ1v) is 4.62. The molecule has 0 fully saturated rings. The van der Waals surface area contributed by atoms with Gasteiger partial charge in [-0.3, -0.25) is 9.59 Å². The fourth-order valence-corrected chi connectivity index (χ4v) is 0.641. The third-order valence-electron chi connectivity index (χ3n) is 1.07. The van der Waals surface area contributed by atoms with Crippen LogP contribution in [-0.4, -0.2) is 17.3 Å². The van der Waals surface area contributed by atoms with Crippen molar-refractivity contribution >= 4 is 27.9 Å². The Morgan fingerprint density at radius 2 is 2.00 bits per heavy atom. The fourth-order valence-electron chi connectivity index (χ4n) is 0.526. The van der Waals surface area contributed by atoms with Gasteiger partial charge in [-0.1, -0.05) is 29.3 Å². The van der Waals surface area contributed by atoms with E-state index in [0.717, 1.165) is 12.8 Å². The van der Waals surface area contributed by atoms with Gasteiger partial charge in [0.2, 0.25) is 0 Å². The average Bonchev–Trinajstić information content (AvgIpc) is 2.00. The number of hydrogen-bond donors (Lipinski definition) is 0. The van der Waals surface area contributed by atoms with E-state index in [9.17, 15) is 9.59 Å². The van der Waals surface area contributed by atoms with Gasteiger partial charge in [0, 0.05) is 6.42 Å². The Kier molecular flexibility index (Phi) is 6.12. The molecule has 0 aromatic heterocycles. The highest BCUT2D eigenvalue weighted by Gasteiger charge is 2.06. The lowest BCUT2D eigenvalue weighted by molar-refractivity contribution is -0.157. The molecule has 0 radical (unpaired) electrons. The number of unbranched alkanes of at least 4 members (excludes halogenated alkanes) is 1. The van der Waals surface area contributed by atoms with Crippen LogP contribution >= 0.6 is 15.9 Å². The lowest BCUT2D eigenvalue weighted by atomic mass is 10.2. The smallest absolute Gasteiger partial charge is 0.324 e. The molecule has 0 aromatic rings. The maximum atomic E-state index is 10.7. The second-order valence-electron chi connectivity index (χ2n) is 2.08. The van der Waals surface area contributed by atoms with E-state index < -0.39 is 11.9 Å². The third-order valence-corrected chi connectivity index (χ3v) is 1.53. The molecule has 64 valence electrons. The van der Waals surface area contributed by atoms with Crippen LogP contribution in [-0.2, 0) is 14.3 Å². The molecular formula is C7H11BrO3. The fraction of sp³-hybridized carbons (Fsp3) is 0.714. The first-order chi connectivity index (χ1) is 5.20. The molecule has 0 spiro atoms. The van der Waals surface area contributed by atoms with Gasteiger partial charge in [-0.2, -0.15) is 0 Å². The minimum Gasteiger partial charge on any atom is -0.393 e. The molecule has 0 N–H and O–H groups in total. The van der Waals surface area contributed by atoms with E-state index in [1.54, 1.807) is 0 Å². The van der Waals surface area contributed by atoms with Crippen LogP contribution in [0.2, 0.25) is 0 Å². The van der Waals surface area contributed by atoms with Crippen molar-refractivity contribution in [2.24, 2.45) is 0 Å². The molecule has 0 heterocycles. The van der Waals surface area contributed by atoms with Crippen LogP contribution < -0.4 is 0 Å². The summed E-state index contributed by atoms with van der Waals surface area (Å²) in [5, 5.41) is 0.0743. The van der Waals surface area contributed by atoms with Crippen molar-refractivity contribution in [2.45, 2.75) is 26.2 Å². The summed E-state index contributed by atoms with van der Waals surface area (Å²) in [6.45, 7) is 1.97. The van der Waals surface area contributed by atoms with Gasteiger partial charge in [-0.05, 0) is 6.42 Å². The Morgan fingerprint density at radius 3 is 2.45 bits per heavy atom.